The zero-order chi connectivity index (χ0) is 11.9. The lowest BCUT2D eigenvalue weighted by Gasteiger charge is -2.20. The van der Waals surface area contributed by atoms with E-state index in [-0.39, 0.29) is 0 Å². The van der Waals surface area contributed by atoms with Crippen molar-refractivity contribution in [3.05, 3.63) is 12.4 Å². The van der Waals surface area contributed by atoms with Gasteiger partial charge in [-0.3, -0.25) is 0 Å². The van der Waals surface area contributed by atoms with Gasteiger partial charge in [0.25, 0.3) is 0 Å². The molecule has 0 spiro atoms. The maximum Gasteiger partial charge on any atom is 0.134 e. The number of nitrogens with one attached hydrogen (secondary N) is 1. The summed E-state index contributed by atoms with van der Waals surface area (Å²) in [4.78, 5) is 10.8. The van der Waals surface area contributed by atoms with Crippen LogP contribution in [0.15, 0.2) is 12.4 Å². The summed E-state index contributed by atoms with van der Waals surface area (Å²) >= 11 is 0. The molecule has 0 aromatic carbocycles. The number of anilines is 2. The van der Waals surface area contributed by atoms with E-state index < -0.39 is 0 Å². The first kappa shape index (κ1) is 12.1. The molecule has 0 unspecified atom stereocenters. The fourth-order valence-corrected chi connectivity index (χ4v) is 1.84. The van der Waals surface area contributed by atoms with Crippen LogP contribution in [0.3, 0.4) is 0 Å². The average Bonchev–Trinajstić information content (AvgIpc) is 2.65. The Morgan fingerprint density at radius 3 is 3.18 bits per heavy atom. The van der Waals surface area contributed by atoms with Crippen molar-refractivity contribution in [2.24, 2.45) is 0 Å². The minimum atomic E-state index is 0.779. The molecule has 1 aromatic heterocycles. The van der Waals surface area contributed by atoms with Crippen molar-refractivity contribution >= 4 is 11.6 Å². The average molecular weight is 236 g/mol. The Morgan fingerprint density at radius 1 is 1.35 bits per heavy atom. The molecule has 0 atom stereocenters. The molecule has 94 valence electrons. The normalized spacial score (nSPS) is 16.6. The molecule has 0 aliphatic carbocycles. The van der Waals surface area contributed by atoms with Crippen molar-refractivity contribution in [2.75, 3.05) is 43.1 Å². The van der Waals surface area contributed by atoms with Crippen molar-refractivity contribution in [3.63, 3.8) is 0 Å². The lowest BCUT2D eigenvalue weighted by molar-refractivity contribution is 0.152. The van der Waals surface area contributed by atoms with Crippen LogP contribution >= 0.6 is 0 Å². The molecule has 1 fully saturated rings. The first-order chi connectivity index (χ1) is 8.40. The summed E-state index contributed by atoms with van der Waals surface area (Å²) < 4.78 is 5.44. The highest BCUT2D eigenvalue weighted by molar-refractivity contribution is 5.48. The third-order valence-corrected chi connectivity index (χ3v) is 2.76. The summed E-state index contributed by atoms with van der Waals surface area (Å²) in [6, 6.07) is 2.01. The van der Waals surface area contributed by atoms with Crippen LogP contribution in [-0.2, 0) is 4.74 Å². The molecular weight excluding hydrogens is 216 g/mol. The van der Waals surface area contributed by atoms with E-state index in [0.717, 1.165) is 57.3 Å². The number of rotatable bonds is 4. The molecule has 0 bridgehead atoms. The number of aromatic nitrogens is 2. The Hall–Kier alpha value is -1.36. The lowest BCUT2D eigenvalue weighted by Crippen LogP contribution is -2.26. The molecule has 1 saturated heterocycles. The second-order valence-corrected chi connectivity index (χ2v) is 4.14. The Morgan fingerprint density at radius 2 is 2.29 bits per heavy atom. The third-order valence-electron chi connectivity index (χ3n) is 2.76. The quantitative estimate of drug-likeness (QED) is 0.859. The van der Waals surface area contributed by atoms with Crippen LogP contribution in [0, 0.1) is 0 Å². The van der Waals surface area contributed by atoms with Crippen LogP contribution < -0.4 is 10.2 Å². The number of hydrogen-bond acceptors (Lipinski definition) is 5. The van der Waals surface area contributed by atoms with Gasteiger partial charge in [-0.15, -0.1) is 0 Å². The zero-order valence-corrected chi connectivity index (χ0v) is 10.4. The maximum atomic E-state index is 5.44. The summed E-state index contributed by atoms with van der Waals surface area (Å²) in [5.74, 6) is 1.89. The van der Waals surface area contributed by atoms with Gasteiger partial charge in [-0.05, 0) is 12.8 Å². The summed E-state index contributed by atoms with van der Waals surface area (Å²) in [6.45, 7) is 6.62. The molecule has 0 radical (unpaired) electrons. The topological polar surface area (TPSA) is 50.3 Å². The van der Waals surface area contributed by atoms with Crippen LogP contribution in [0.1, 0.15) is 19.8 Å². The molecule has 0 amide bonds. The summed E-state index contributed by atoms with van der Waals surface area (Å²) in [5, 5.41) is 3.28. The lowest BCUT2D eigenvalue weighted by atomic mass is 10.3. The largest absolute Gasteiger partial charge is 0.380 e. The molecule has 17 heavy (non-hydrogen) atoms. The van der Waals surface area contributed by atoms with E-state index >= 15 is 0 Å². The smallest absolute Gasteiger partial charge is 0.134 e. The van der Waals surface area contributed by atoms with E-state index in [1.54, 1.807) is 6.33 Å². The van der Waals surface area contributed by atoms with Gasteiger partial charge >= 0.3 is 0 Å². The minimum absolute atomic E-state index is 0.779. The Labute approximate surface area is 102 Å². The van der Waals surface area contributed by atoms with Crippen LogP contribution in [0.4, 0.5) is 11.6 Å². The highest BCUT2D eigenvalue weighted by Gasteiger charge is 2.11. The molecule has 5 heteroatoms. The molecule has 1 aliphatic heterocycles. The van der Waals surface area contributed by atoms with Gasteiger partial charge in [0.15, 0.2) is 0 Å². The summed E-state index contributed by atoms with van der Waals surface area (Å²) in [7, 11) is 0. The van der Waals surface area contributed by atoms with Gasteiger partial charge in [0, 0.05) is 32.3 Å². The molecule has 2 rings (SSSR count). The van der Waals surface area contributed by atoms with E-state index in [2.05, 4.69) is 27.1 Å². The highest BCUT2D eigenvalue weighted by atomic mass is 16.5. The van der Waals surface area contributed by atoms with Crippen molar-refractivity contribution in [3.8, 4) is 0 Å². The molecule has 1 aromatic rings. The fourth-order valence-electron chi connectivity index (χ4n) is 1.84. The maximum absolute atomic E-state index is 5.44. The second kappa shape index (κ2) is 6.39. The first-order valence-corrected chi connectivity index (χ1v) is 6.29. The number of nitrogens with zero attached hydrogens (tertiary/aromatic N) is 3. The number of hydrogen-bond donors (Lipinski definition) is 1. The highest BCUT2D eigenvalue weighted by Crippen LogP contribution is 2.15. The van der Waals surface area contributed by atoms with Gasteiger partial charge in [-0.1, -0.05) is 6.92 Å². The number of ether oxygens (including phenoxy) is 1. The third kappa shape index (κ3) is 3.56. The SMILES string of the molecule is CCCNc1cc(N2CCCOCC2)ncn1. The molecule has 2 heterocycles. The molecular formula is C12H20N4O. The fraction of sp³-hybridized carbons (Fsp3) is 0.667. The van der Waals surface area contributed by atoms with Gasteiger partial charge in [0.2, 0.25) is 0 Å². The van der Waals surface area contributed by atoms with Gasteiger partial charge in [0.05, 0.1) is 6.61 Å². The Bertz CT molecular complexity index is 337. The monoisotopic (exact) mass is 236 g/mol. The van der Waals surface area contributed by atoms with Gasteiger partial charge < -0.3 is 15.0 Å². The van der Waals surface area contributed by atoms with E-state index in [9.17, 15) is 0 Å². The molecule has 0 saturated carbocycles. The Balaban J connectivity index is 2.03. The van der Waals surface area contributed by atoms with Crippen LogP contribution in [0.25, 0.3) is 0 Å². The van der Waals surface area contributed by atoms with Crippen LogP contribution in [0.2, 0.25) is 0 Å². The second-order valence-electron chi connectivity index (χ2n) is 4.14. The first-order valence-electron chi connectivity index (χ1n) is 6.29. The predicted octanol–water partition coefficient (Wildman–Crippen LogP) is 1.53. The van der Waals surface area contributed by atoms with Crippen molar-refractivity contribution in [1.29, 1.82) is 0 Å². The van der Waals surface area contributed by atoms with E-state index in [1.807, 2.05) is 6.07 Å². The predicted molar refractivity (Wildman–Crippen MR) is 68.5 cm³/mol. The van der Waals surface area contributed by atoms with E-state index in [1.165, 1.54) is 0 Å². The van der Waals surface area contributed by atoms with E-state index in [4.69, 9.17) is 4.74 Å². The molecule has 1 N–H and O–H groups in total. The van der Waals surface area contributed by atoms with Crippen molar-refractivity contribution in [2.45, 2.75) is 19.8 Å². The van der Waals surface area contributed by atoms with E-state index in [0.29, 0.717) is 0 Å². The molecule has 1 aliphatic rings. The van der Waals surface area contributed by atoms with Crippen LogP contribution in [0.5, 0.6) is 0 Å². The summed E-state index contributed by atoms with van der Waals surface area (Å²) in [5.41, 5.74) is 0. The van der Waals surface area contributed by atoms with Crippen LogP contribution in [-0.4, -0.2) is 42.8 Å². The zero-order valence-electron chi connectivity index (χ0n) is 10.4. The van der Waals surface area contributed by atoms with Gasteiger partial charge in [0.1, 0.15) is 18.0 Å². The minimum Gasteiger partial charge on any atom is -0.380 e. The molecule has 5 nitrogen and oxygen atoms in total. The van der Waals surface area contributed by atoms with Gasteiger partial charge in [-0.2, -0.15) is 0 Å². The van der Waals surface area contributed by atoms with Gasteiger partial charge in [-0.25, -0.2) is 9.97 Å². The van der Waals surface area contributed by atoms with Crippen molar-refractivity contribution in [1.82, 2.24) is 9.97 Å². The standard InChI is InChI=1S/C12H20N4O/c1-2-4-13-11-9-12(15-10-14-11)16-5-3-7-17-8-6-16/h9-10H,2-8H2,1H3,(H,13,14,15). The van der Waals surface area contributed by atoms with Crippen molar-refractivity contribution < 1.29 is 4.74 Å². The summed E-state index contributed by atoms with van der Waals surface area (Å²) in [6.07, 6.45) is 3.78. The Kier molecular flexibility index (Phi) is 4.55.